The zero-order valence-corrected chi connectivity index (χ0v) is 17.6. The fourth-order valence-electron chi connectivity index (χ4n) is 4.01. The summed E-state index contributed by atoms with van der Waals surface area (Å²) in [6.07, 6.45) is -0.186. The van der Waals surface area contributed by atoms with Crippen molar-refractivity contribution in [1.29, 1.82) is 0 Å². The number of carbonyl (C=O) groups excluding carboxylic acids is 4. The molecule has 2 N–H and O–H groups in total. The maximum Gasteiger partial charge on any atom is 0.335 e. The average Bonchev–Trinajstić information content (AvgIpc) is 3.05. The summed E-state index contributed by atoms with van der Waals surface area (Å²) in [5, 5.41) is 17.8. The molecule has 6 amide bonds. The van der Waals surface area contributed by atoms with Gasteiger partial charge in [0.25, 0.3) is 11.8 Å². The molecule has 2 saturated heterocycles. The number of amides is 6. The maximum atomic E-state index is 13.4. The molecule has 12 heteroatoms. The molecule has 0 saturated carbocycles. The molecular weight excluding hydrogens is 424 g/mol. The summed E-state index contributed by atoms with van der Waals surface area (Å²) in [5.41, 5.74) is -1.64. The monoisotopic (exact) mass is 446 g/mol. The minimum absolute atomic E-state index is 0.0303. The number of anilines is 1. The summed E-state index contributed by atoms with van der Waals surface area (Å²) < 4.78 is 0. The van der Waals surface area contributed by atoms with Crippen LogP contribution in [0, 0.1) is 0 Å². The number of hydrogen-bond acceptors (Lipinski definition) is 6. The highest BCUT2D eigenvalue weighted by Crippen LogP contribution is 2.38. The van der Waals surface area contributed by atoms with Gasteiger partial charge >= 0.3 is 24.0 Å². The molecule has 2 aliphatic heterocycles. The van der Waals surface area contributed by atoms with Crippen LogP contribution in [0.2, 0.25) is 0 Å². The molecular formula is C20H22N4O8. The van der Waals surface area contributed by atoms with Gasteiger partial charge in [0.05, 0.1) is 11.3 Å². The topological polar surface area (TPSA) is 156 Å². The van der Waals surface area contributed by atoms with Crippen molar-refractivity contribution in [2.75, 3.05) is 25.5 Å². The molecule has 2 fully saturated rings. The minimum Gasteiger partial charge on any atom is -0.481 e. The van der Waals surface area contributed by atoms with E-state index in [4.69, 9.17) is 10.2 Å². The molecule has 0 spiro atoms. The largest absolute Gasteiger partial charge is 0.481 e. The highest BCUT2D eigenvalue weighted by molar-refractivity contribution is 6.25. The Balaban J connectivity index is 1.92. The van der Waals surface area contributed by atoms with E-state index in [1.807, 2.05) is 0 Å². The van der Waals surface area contributed by atoms with Crippen molar-refractivity contribution in [3.63, 3.8) is 0 Å². The lowest BCUT2D eigenvalue weighted by atomic mass is 9.89. The number of benzene rings is 1. The van der Waals surface area contributed by atoms with Crippen LogP contribution in [-0.2, 0) is 14.4 Å². The molecule has 0 aliphatic carbocycles. The lowest BCUT2D eigenvalue weighted by Gasteiger charge is -2.35. The number of rotatable bonds is 7. The van der Waals surface area contributed by atoms with Crippen LogP contribution in [0.15, 0.2) is 24.3 Å². The van der Waals surface area contributed by atoms with Gasteiger partial charge in [-0.3, -0.25) is 19.3 Å². The van der Waals surface area contributed by atoms with Crippen molar-refractivity contribution in [3.8, 4) is 0 Å². The van der Waals surface area contributed by atoms with Gasteiger partial charge in [0, 0.05) is 27.1 Å². The molecule has 2 atom stereocenters. The van der Waals surface area contributed by atoms with Gasteiger partial charge in [-0.2, -0.15) is 0 Å². The van der Waals surface area contributed by atoms with E-state index in [9.17, 15) is 28.8 Å². The Bertz CT molecular complexity index is 1020. The normalized spacial score (nSPS) is 23.5. The first-order chi connectivity index (χ1) is 14.9. The van der Waals surface area contributed by atoms with Gasteiger partial charge in [0.15, 0.2) is 5.54 Å². The number of aliphatic carboxylic acids is 1. The molecule has 1 aromatic carbocycles. The standard InChI is InChI=1S/C20H22N4O8/c1-20(14-15(27)23(18(31)21(14)2)10-4-5-13(25)26)17(30)24(19(32)22(20)3)12-8-6-11(7-9-12)16(28)29/h6-9,14H,4-5,10H2,1-3H3,(H,25,26)(H,28,29). The van der Waals surface area contributed by atoms with E-state index in [-0.39, 0.29) is 30.6 Å². The Morgan fingerprint density at radius 1 is 1.00 bits per heavy atom. The van der Waals surface area contributed by atoms with Crippen LogP contribution in [0.4, 0.5) is 15.3 Å². The molecule has 0 bridgehead atoms. The van der Waals surface area contributed by atoms with E-state index >= 15 is 0 Å². The van der Waals surface area contributed by atoms with E-state index in [2.05, 4.69) is 0 Å². The first kappa shape index (κ1) is 22.7. The molecule has 0 aromatic heterocycles. The van der Waals surface area contributed by atoms with Crippen molar-refractivity contribution in [2.45, 2.75) is 31.3 Å². The van der Waals surface area contributed by atoms with Crippen LogP contribution < -0.4 is 4.90 Å². The summed E-state index contributed by atoms with van der Waals surface area (Å²) in [7, 11) is 2.67. The average molecular weight is 446 g/mol. The van der Waals surface area contributed by atoms with E-state index in [0.717, 1.165) is 19.6 Å². The van der Waals surface area contributed by atoms with Crippen LogP contribution in [0.3, 0.4) is 0 Å². The summed E-state index contributed by atoms with van der Waals surface area (Å²) in [4.78, 5) is 77.8. The Labute approximate surface area is 182 Å². The Morgan fingerprint density at radius 2 is 1.59 bits per heavy atom. The number of carboxylic acid groups (broad SMARTS) is 2. The fourth-order valence-corrected chi connectivity index (χ4v) is 4.01. The molecule has 12 nitrogen and oxygen atoms in total. The highest BCUT2D eigenvalue weighted by atomic mass is 16.4. The van der Waals surface area contributed by atoms with E-state index in [1.165, 1.54) is 45.3 Å². The number of imide groups is 2. The smallest absolute Gasteiger partial charge is 0.335 e. The molecule has 2 unspecified atom stereocenters. The summed E-state index contributed by atoms with van der Waals surface area (Å²) in [5.74, 6) is -3.70. The third-order valence-corrected chi connectivity index (χ3v) is 5.91. The van der Waals surface area contributed by atoms with Gasteiger partial charge in [-0.05, 0) is 37.6 Å². The molecule has 0 radical (unpaired) electrons. The Hall–Kier alpha value is -3.96. The Morgan fingerprint density at radius 3 is 2.12 bits per heavy atom. The zero-order valence-electron chi connectivity index (χ0n) is 17.6. The maximum absolute atomic E-state index is 13.4. The highest BCUT2D eigenvalue weighted by Gasteiger charge is 2.64. The molecule has 3 rings (SSSR count). The van der Waals surface area contributed by atoms with Crippen molar-refractivity contribution >= 4 is 41.5 Å². The van der Waals surface area contributed by atoms with Gasteiger partial charge in [-0.15, -0.1) is 0 Å². The van der Waals surface area contributed by atoms with Gasteiger partial charge < -0.3 is 20.0 Å². The van der Waals surface area contributed by atoms with Gasteiger partial charge in [0.2, 0.25) is 0 Å². The summed E-state index contributed by atoms with van der Waals surface area (Å²) >= 11 is 0. The minimum atomic E-state index is -1.73. The van der Waals surface area contributed by atoms with Crippen LogP contribution in [0.5, 0.6) is 0 Å². The lowest BCUT2D eigenvalue weighted by molar-refractivity contribution is -0.138. The lowest BCUT2D eigenvalue weighted by Crippen LogP contribution is -2.61. The van der Waals surface area contributed by atoms with E-state index in [1.54, 1.807) is 0 Å². The predicted molar refractivity (Wildman–Crippen MR) is 108 cm³/mol. The number of carboxylic acids is 2. The third kappa shape index (κ3) is 3.33. The molecule has 32 heavy (non-hydrogen) atoms. The van der Waals surface area contributed by atoms with Crippen LogP contribution in [0.1, 0.15) is 30.1 Å². The number of nitrogens with zero attached hydrogens (tertiary/aromatic N) is 4. The second-order valence-corrected chi connectivity index (χ2v) is 7.76. The molecule has 2 heterocycles. The number of likely N-dealkylation sites (N-methyl/N-ethyl adjacent to an activating group) is 2. The van der Waals surface area contributed by atoms with Gasteiger partial charge in [-0.1, -0.05) is 0 Å². The number of aromatic carboxylic acids is 1. The summed E-state index contributed by atoms with van der Waals surface area (Å²) in [6.45, 7) is 1.25. The second-order valence-electron chi connectivity index (χ2n) is 7.76. The SMILES string of the molecule is CN1C(=O)N(CCCC(=O)O)C(=O)C1C1(C)C(=O)N(c2ccc(C(=O)O)cc2)C(=O)N1C. The van der Waals surface area contributed by atoms with E-state index in [0.29, 0.717) is 0 Å². The van der Waals surface area contributed by atoms with Crippen LogP contribution in [-0.4, -0.2) is 92.9 Å². The van der Waals surface area contributed by atoms with Crippen LogP contribution >= 0.6 is 0 Å². The third-order valence-electron chi connectivity index (χ3n) is 5.91. The zero-order chi connectivity index (χ0) is 24.0. The predicted octanol–water partition coefficient (Wildman–Crippen LogP) is 0.669. The number of hydrogen-bond donors (Lipinski definition) is 2. The first-order valence-corrected chi connectivity index (χ1v) is 9.68. The van der Waals surface area contributed by atoms with E-state index < -0.39 is 47.4 Å². The molecule has 1 aromatic rings. The fraction of sp³-hybridized carbons (Fsp3) is 0.400. The number of urea groups is 2. The van der Waals surface area contributed by atoms with Crippen LogP contribution in [0.25, 0.3) is 0 Å². The van der Waals surface area contributed by atoms with Gasteiger partial charge in [-0.25, -0.2) is 19.3 Å². The van der Waals surface area contributed by atoms with Crippen molar-refractivity contribution in [1.82, 2.24) is 14.7 Å². The van der Waals surface area contributed by atoms with Gasteiger partial charge in [0.1, 0.15) is 6.04 Å². The quantitative estimate of drug-likeness (QED) is 0.579. The van der Waals surface area contributed by atoms with Crippen molar-refractivity contribution in [2.24, 2.45) is 0 Å². The van der Waals surface area contributed by atoms with Crippen molar-refractivity contribution < 1.29 is 39.0 Å². The molecule has 2 aliphatic rings. The molecule has 170 valence electrons. The first-order valence-electron chi connectivity index (χ1n) is 9.68. The summed E-state index contributed by atoms with van der Waals surface area (Å²) in [6, 6.07) is 2.36. The Kier molecular flexibility index (Phi) is 5.64. The number of carbonyl (C=O) groups is 6. The van der Waals surface area contributed by atoms with Crippen molar-refractivity contribution in [3.05, 3.63) is 29.8 Å². The second kappa shape index (κ2) is 7.94.